The molecule has 3 aromatic heterocycles. The molecule has 2 fully saturated rings. The third-order valence-electron chi connectivity index (χ3n) is 6.22. The van der Waals surface area contributed by atoms with Gasteiger partial charge >= 0.3 is 0 Å². The van der Waals surface area contributed by atoms with Crippen LogP contribution in [-0.2, 0) is 5.54 Å². The van der Waals surface area contributed by atoms with Gasteiger partial charge in [0.2, 0.25) is 0 Å². The van der Waals surface area contributed by atoms with E-state index in [4.69, 9.17) is 10.1 Å². The summed E-state index contributed by atoms with van der Waals surface area (Å²) in [6.07, 6.45) is 6.71. The first-order valence-electron chi connectivity index (χ1n) is 10.4. The van der Waals surface area contributed by atoms with Crippen molar-refractivity contribution in [3.63, 3.8) is 0 Å². The molecule has 0 aromatic carbocycles. The number of hydrogen-bond donors (Lipinski definition) is 0. The molecule has 2 aliphatic heterocycles. The Hall–Kier alpha value is -2.98. The molecule has 0 unspecified atom stereocenters. The summed E-state index contributed by atoms with van der Waals surface area (Å²) >= 11 is 0. The number of anilines is 1. The van der Waals surface area contributed by atoms with E-state index in [1.54, 1.807) is 0 Å². The summed E-state index contributed by atoms with van der Waals surface area (Å²) in [5.41, 5.74) is 2.43. The number of rotatable bonds is 5. The molecule has 3 aromatic rings. The van der Waals surface area contributed by atoms with Gasteiger partial charge in [0.1, 0.15) is 22.7 Å². The third kappa shape index (κ3) is 3.04. The van der Waals surface area contributed by atoms with Crippen molar-refractivity contribution in [1.82, 2.24) is 24.6 Å². The van der Waals surface area contributed by atoms with Crippen LogP contribution in [0.5, 0.6) is 0 Å². The van der Waals surface area contributed by atoms with E-state index >= 15 is 0 Å². The maximum atomic E-state index is 9.37. The molecule has 0 N–H and O–H groups in total. The largest absolute Gasteiger partial charge is 0.357 e. The van der Waals surface area contributed by atoms with Crippen LogP contribution in [0.15, 0.2) is 36.7 Å². The fourth-order valence-corrected chi connectivity index (χ4v) is 4.57. The lowest BCUT2D eigenvalue weighted by molar-refractivity contribution is 0.00964. The Morgan fingerprint density at radius 2 is 2.03 bits per heavy atom. The zero-order valence-corrected chi connectivity index (χ0v) is 16.8. The van der Waals surface area contributed by atoms with E-state index in [0.29, 0.717) is 6.42 Å². The van der Waals surface area contributed by atoms with Gasteiger partial charge in [-0.2, -0.15) is 10.4 Å². The number of likely N-dealkylation sites (tertiary alicyclic amines) is 1. The SMILES string of the molecule is CCN1CC(CC#N)(n2ccc(-c3nc(N4CCCC4)cc4ncccc34)n2)C1. The molecular weight excluding hydrogens is 362 g/mol. The molecule has 0 saturated carbocycles. The third-order valence-corrected chi connectivity index (χ3v) is 6.22. The highest BCUT2D eigenvalue weighted by atomic mass is 15.4. The molecule has 29 heavy (non-hydrogen) atoms. The number of fused-ring (bicyclic) bond motifs is 1. The molecule has 7 heteroatoms. The van der Waals surface area contributed by atoms with Gasteiger partial charge in [-0.3, -0.25) is 14.6 Å². The molecule has 0 bridgehead atoms. The maximum Gasteiger partial charge on any atom is 0.131 e. The minimum Gasteiger partial charge on any atom is -0.357 e. The molecule has 2 aliphatic rings. The van der Waals surface area contributed by atoms with Gasteiger partial charge < -0.3 is 4.90 Å². The Morgan fingerprint density at radius 1 is 1.21 bits per heavy atom. The number of likely N-dealkylation sites (N-methyl/N-ethyl adjacent to an activating group) is 1. The Bertz CT molecular complexity index is 1070. The summed E-state index contributed by atoms with van der Waals surface area (Å²) in [4.78, 5) is 14.3. The van der Waals surface area contributed by atoms with Gasteiger partial charge in [0.15, 0.2) is 0 Å². The van der Waals surface area contributed by atoms with Crippen LogP contribution >= 0.6 is 0 Å². The molecule has 2 saturated heterocycles. The van der Waals surface area contributed by atoms with Crippen LogP contribution in [0.2, 0.25) is 0 Å². The highest BCUT2D eigenvalue weighted by Gasteiger charge is 2.44. The van der Waals surface area contributed by atoms with Crippen LogP contribution in [0.25, 0.3) is 22.3 Å². The average Bonchev–Trinajstić information content (AvgIpc) is 3.42. The molecule has 0 aliphatic carbocycles. The van der Waals surface area contributed by atoms with E-state index in [-0.39, 0.29) is 5.54 Å². The summed E-state index contributed by atoms with van der Waals surface area (Å²) in [6.45, 7) is 6.95. The predicted molar refractivity (Wildman–Crippen MR) is 113 cm³/mol. The highest BCUT2D eigenvalue weighted by molar-refractivity contribution is 5.93. The molecule has 5 heterocycles. The van der Waals surface area contributed by atoms with Crippen molar-refractivity contribution in [2.24, 2.45) is 0 Å². The van der Waals surface area contributed by atoms with Gasteiger partial charge in [-0.1, -0.05) is 6.92 Å². The van der Waals surface area contributed by atoms with Gasteiger partial charge in [0, 0.05) is 50.0 Å². The van der Waals surface area contributed by atoms with E-state index in [9.17, 15) is 5.26 Å². The van der Waals surface area contributed by atoms with Crippen LogP contribution in [0.4, 0.5) is 5.82 Å². The summed E-state index contributed by atoms with van der Waals surface area (Å²) in [5.74, 6) is 0.978. The Balaban J connectivity index is 1.57. The van der Waals surface area contributed by atoms with Gasteiger partial charge in [0.25, 0.3) is 0 Å². The van der Waals surface area contributed by atoms with Gasteiger partial charge in [-0.25, -0.2) is 4.98 Å². The van der Waals surface area contributed by atoms with Gasteiger partial charge in [0.05, 0.1) is 18.0 Å². The van der Waals surface area contributed by atoms with E-state index in [1.807, 2.05) is 29.2 Å². The number of aromatic nitrogens is 4. The fourth-order valence-electron chi connectivity index (χ4n) is 4.57. The van der Waals surface area contributed by atoms with Crippen molar-refractivity contribution >= 4 is 16.7 Å². The van der Waals surface area contributed by atoms with Crippen LogP contribution in [-0.4, -0.2) is 57.4 Å². The zero-order valence-electron chi connectivity index (χ0n) is 16.8. The lowest BCUT2D eigenvalue weighted by atomic mass is 9.87. The van der Waals surface area contributed by atoms with Crippen molar-refractivity contribution < 1.29 is 0 Å². The summed E-state index contributed by atoms with van der Waals surface area (Å²) < 4.78 is 1.99. The maximum absolute atomic E-state index is 9.37. The minimum atomic E-state index is -0.233. The molecule has 148 valence electrons. The first kappa shape index (κ1) is 18.1. The van der Waals surface area contributed by atoms with E-state index in [0.717, 1.165) is 60.8 Å². The number of pyridine rings is 2. The van der Waals surface area contributed by atoms with Crippen molar-refractivity contribution in [1.29, 1.82) is 5.26 Å². The first-order chi connectivity index (χ1) is 14.2. The Morgan fingerprint density at radius 3 is 2.79 bits per heavy atom. The lowest BCUT2D eigenvalue weighted by Crippen LogP contribution is -2.62. The van der Waals surface area contributed by atoms with Crippen LogP contribution in [0, 0.1) is 11.3 Å². The highest BCUT2D eigenvalue weighted by Crippen LogP contribution is 2.34. The average molecular weight is 387 g/mol. The zero-order chi connectivity index (χ0) is 19.8. The number of hydrogen-bond acceptors (Lipinski definition) is 6. The normalized spacial score (nSPS) is 18.7. The quantitative estimate of drug-likeness (QED) is 0.670. The van der Waals surface area contributed by atoms with Crippen LogP contribution in [0.1, 0.15) is 26.2 Å². The first-order valence-corrected chi connectivity index (χ1v) is 10.4. The summed E-state index contributed by atoms with van der Waals surface area (Å²) in [5, 5.41) is 15.3. The predicted octanol–water partition coefficient (Wildman–Crippen LogP) is 3.04. The summed E-state index contributed by atoms with van der Waals surface area (Å²) in [6, 6.07) is 10.5. The minimum absolute atomic E-state index is 0.233. The van der Waals surface area contributed by atoms with E-state index in [2.05, 4.69) is 39.9 Å². The molecule has 0 amide bonds. The Kier molecular flexibility index (Phi) is 4.44. The second-order valence-electron chi connectivity index (χ2n) is 8.10. The molecule has 0 atom stereocenters. The van der Waals surface area contributed by atoms with E-state index in [1.165, 1.54) is 12.8 Å². The second kappa shape index (κ2) is 7.12. The van der Waals surface area contributed by atoms with E-state index < -0.39 is 0 Å². The van der Waals surface area contributed by atoms with Crippen molar-refractivity contribution in [3.05, 3.63) is 36.7 Å². The molecule has 0 radical (unpaired) electrons. The molecule has 0 spiro atoms. The smallest absolute Gasteiger partial charge is 0.131 e. The molecule has 5 rings (SSSR count). The molecular formula is C22H25N7. The van der Waals surface area contributed by atoms with Gasteiger partial charge in [-0.05, 0) is 37.6 Å². The monoisotopic (exact) mass is 387 g/mol. The topological polar surface area (TPSA) is 73.9 Å². The number of nitriles is 1. The summed E-state index contributed by atoms with van der Waals surface area (Å²) in [7, 11) is 0. The standard InChI is InChI=1S/C22H25N7/c1-2-27-15-22(16-27,8-9-23)29-13-7-18(26-29)21-17-6-5-10-24-19(17)14-20(25-21)28-11-3-4-12-28/h5-7,10,13-14H,2-4,8,11-12,15-16H2,1H3. The van der Waals surface area contributed by atoms with Crippen molar-refractivity contribution in [2.75, 3.05) is 37.6 Å². The van der Waals surface area contributed by atoms with Crippen LogP contribution in [0.3, 0.4) is 0 Å². The second-order valence-corrected chi connectivity index (χ2v) is 8.10. The fraction of sp³-hybridized carbons (Fsp3) is 0.455. The van der Waals surface area contributed by atoms with Crippen molar-refractivity contribution in [2.45, 2.75) is 31.7 Å². The van der Waals surface area contributed by atoms with Gasteiger partial charge in [-0.15, -0.1) is 0 Å². The van der Waals surface area contributed by atoms with Crippen molar-refractivity contribution in [3.8, 4) is 17.5 Å². The Labute approximate surface area is 170 Å². The number of nitrogens with zero attached hydrogens (tertiary/aromatic N) is 7. The van der Waals surface area contributed by atoms with Crippen LogP contribution < -0.4 is 4.90 Å². The molecule has 7 nitrogen and oxygen atoms in total. The lowest BCUT2D eigenvalue weighted by Gasteiger charge is -2.48.